The summed E-state index contributed by atoms with van der Waals surface area (Å²) in [5.41, 5.74) is 2.77. The number of nitrogens with one attached hydrogen (secondary N) is 1. The highest BCUT2D eigenvalue weighted by Crippen LogP contribution is 2.22. The summed E-state index contributed by atoms with van der Waals surface area (Å²) in [6.45, 7) is 3.41. The molecule has 0 radical (unpaired) electrons. The first kappa shape index (κ1) is 14.4. The van der Waals surface area contributed by atoms with Crippen LogP contribution in [0.4, 0.5) is 11.8 Å². The molecule has 120 valence electrons. The van der Waals surface area contributed by atoms with Crippen molar-refractivity contribution in [2.24, 2.45) is 0 Å². The van der Waals surface area contributed by atoms with Gasteiger partial charge in [0.25, 0.3) is 0 Å². The molecule has 1 unspecified atom stereocenters. The second-order valence-electron chi connectivity index (χ2n) is 6.10. The maximum Gasteiger partial charge on any atom is 0.247 e. The monoisotopic (exact) mass is 311 g/mol. The molecule has 1 fully saturated rings. The topological polar surface area (TPSA) is 63.2 Å². The fourth-order valence-corrected chi connectivity index (χ4v) is 3.20. The molecule has 2 aliphatic heterocycles. The zero-order chi connectivity index (χ0) is 15.5. The third-order valence-electron chi connectivity index (χ3n) is 4.50. The van der Waals surface area contributed by atoms with Gasteiger partial charge in [-0.2, -0.15) is 10.1 Å². The molecule has 0 bridgehead atoms. The van der Waals surface area contributed by atoms with Gasteiger partial charge in [-0.3, -0.25) is 0 Å². The van der Waals surface area contributed by atoms with E-state index in [-0.39, 0.29) is 6.10 Å². The molecule has 0 spiro atoms. The van der Waals surface area contributed by atoms with Crippen LogP contribution in [-0.4, -0.2) is 41.0 Å². The fraction of sp³-hybridized carbons (Fsp3) is 0.471. The number of benzene rings is 1. The van der Waals surface area contributed by atoms with Gasteiger partial charge < -0.3 is 15.0 Å². The van der Waals surface area contributed by atoms with E-state index in [1.54, 1.807) is 6.20 Å². The molecule has 3 heterocycles. The lowest BCUT2D eigenvalue weighted by molar-refractivity contribution is 0.120. The zero-order valence-electron chi connectivity index (χ0n) is 13.1. The zero-order valence-corrected chi connectivity index (χ0v) is 13.1. The van der Waals surface area contributed by atoms with Crippen LogP contribution in [0.2, 0.25) is 0 Å². The Hall–Kier alpha value is -2.21. The predicted molar refractivity (Wildman–Crippen MR) is 88.5 cm³/mol. The molecule has 0 saturated carbocycles. The van der Waals surface area contributed by atoms with Crippen LogP contribution in [0.3, 0.4) is 0 Å². The number of ether oxygens (including phenoxy) is 1. The summed E-state index contributed by atoms with van der Waals surface area (Å²) in [6, 6.07) is 8.56. The van der Waals surface area contributed by atoms with Gasteiger partial charge in [0.05, 0.1) is 12.3 Å². The number of hydrogen-bond donors (Lipinski definition) is 1. The molecular weight excluding hydrogens is 290 g/mol. The van der Waals surface area contributed by atoms with Crippen LogP contribution in [0.15, 0.2) is 30.5 Å². The highest BCUT2D eigenvalue weighted by Gasteiger charge is 2.19. The first-order chi connectivity index (χ1) is 11.4. The van der Waals surface area contributed by atoms with Crippen LogP contribution in [0.25, 0.3) is 0 Å². The van der Waals surface area contributed by atoms with Crippen LogP contribution in [-0.2, 0) is 17.7 Å². The Morgan fingerprint density at radius 3 is 3.04 bits per heavy atom. The van der Waals surface area contributed by atoms with Gasteiger partial charge in [-0.1, -0.05) is 24.3 Å². The van der Waals surface area contributed by atoms with Crippen molar-refractivity contribution in [2.75, 3.05) is 29.9 Å². The van der Waals surface area contributed by atoms with E-state index in [1.165, 1.54) is 11.1 Å². The van der Waals surface area contributed by atoms with Gasteiger partial charge in [-0.25, -0.2) is 0 Å². The largest absolute Gasteiger partial charge is 0.376 e. The molecule has 2 aliphatic rings. The van der Waals surface area contributed by atoms with Gasteiger partial charge in [0.1, 0.15) is 0 Å². The van der Waals surface area contributed by atoms with Gasteiger partial charge >= 0.3 is 0 Å². The lowest BCUT2D eigenvalue weighted by Crippen LogP contribution is -2.32. The number of fused-ring (bicyclic) bond motifs is 1. The molecule has 0 aliphatic carbocycles. The van der Waals surface area contributed by atoms with Gasteiger partial charge in [-0.05, 0) is 30.4 Å². The van der Waals surface area contributed by atoms with E-state index in [4.69, 9.17) is 4.74 Å². The average molecular weight is 311 g/mol. The third kappa shape index (κ3) is 3.27. The van der Waals surface area contributed by atoms with Crippen molar-refractivity contribution < 1.29 is 4.74 Å². The van der Waals surface area contributed by atoms with Gasteiger partial charge in [0.2, 0.25) is 5.95 Å². The highest BCUT2D eigenvalue weighted by atomic mass is 16.5. The summed E-state index contributed by atoms with van der Waals surface area (Å²) in [7, 11) is 0. The summed E-state index contributed by atoms with van der Waals surface area (Å²) in [4.78, 5) is 6.80. The Kier molecular flexibility index (Phi) is 4.06. The lowest BCUT2D eigenvalue weighted by Gasteiger charge is -2.28. The minimum Gasteiger partial charge on any atom is -0.376 e. The van der Waals surface area contributed by atoms with Crippen molar-refractivity contribution in [3.8, 4) is 0 Å². The summed E-state index contributed by atoms with van der Waals surface area (Å²) in [6.07, 6.45) is 5.24. The molecule has 1 aromatic heterocycles. The second kappa shape index (κ2) is 6.50. The summed E-state index contributed by atoms with van der Waals surface area (Å²) in [5, 5.41) is 11.6. The van der Waals surface area contributed by atoms with Crippen LogP contribution < -0.4 is 10.2 Å². The van der Waals surface area contributed by atoms with E-state index in [0.717, 1.165) is 51.3 Å². The van der Waals surface area contributed by atoms with E-state index in [0.29, 0.717) is 5.95 Å². The van der Waals surface area contributed by atoms with Crippen molar-refractivity contribution >= 4 is 11.8 Å². The quantitative estimate of drug-likeness (QED) is 0.932. The van der Waals surface area contributed by atoms with Crippen LogP contribution in [0, 0.1) is 0 Å². The number of rotatable bonds is 4. The summed E-state index contributed by atoms with van der Waals surface area (Å²) in [5.74, 6) is 1.46. The van der Waals surface area contributed by atoms with Gasteiger partial charge in [0, 0.05) is 26.2 Å². The van der Waals surface area contributed by atoms with Gasteiger partial charge in [-0.15, -0.1) is 5.10 Å². The lowest BCUT2D eigenvalue weighted by atomic mass is 10.0. The molecule has 2 aromatic rings. The molecule has 1 N–H and O–H groups in total. The smallest absolute Gasteiger partial charge is 0.247 e. The minimum atomic E-state index is 0.287. The predicted octanol–water partition coefficient (Wildman–Crippen LogP) is 2.03. The first-order valence-corrected chi connectivity index (χ1v) is 8.25. The number of hydrogen-bond acceptors (Lipinski definition) is 6. The Morgan fingerprint density at radius 2 is 2.17 bits per heavy atom. The SMILES string of the molecule is c1ccc2c(c1)CCN(c1nncc(NCC3CCCO3)n1)C2. The van der Waals surface area contributed by atoms with Crippen molar-refractivity contribution in [1.82, 2.24) is 15.2 Å². The molecule has 6 heteroatoms. The molecule has 4 rings (SSSR count). The molecule has 1 saturated heterocycles. The third-order valence-corrected chi connectivity index (χ3v) is 4.50. The molecule has 23 heavy (non-hydrogen) atoms. The molecule has 0 amide bonds. The van der Waals surface area contributed by atoms with Crippen molar-refractivity contribution in [1.29, 1.82) is 0 Å². The maximum atomic E-state index is 5.62. The number of anilines is 2. The van der Waals surface area contributed by atoms with Crippen molar-refractivity contribution in [2.45, 2.75) is 31.9 Å². The second-order valence-corrected chi connectivity index (χ2v) is 6.10. The Bertz CT molecular complexity index is 672. The highest BCUT2D eigenvalue weighted by molar-refractivity contribution is 5.43. The van der Waals surface area contributed by atoms with E-state index >= 15 is 0 Å². The summed E-state index contributed by atoms with van der Waals surface area (Å²) >= 11 is 0. The van der Waals surface area contributed by atoms with Gasteiger partial charge in [0.15, 0.2) is 5.82 Å². The number of nitrogens with zero attached hydrogens (tertiary/aromatic N) is 4. The summed E-state index contributed by atoms with van der Waals surface area (Å²) < 4.78 is 5.62. The fourth-order valence-electron chi connectivity index (χ4n) is 3.20. The minimum absolute atomic E-state index is 0.287. The molecule has 1 aromatic carbocycles. The van der Waals surface area contributed by atoms with Crippen molar-refractivity contribution in [3.63, 3.8) is 0 Å². The van der Waals surface area contributed by atoms with Crippen molar-refractivity contribution in [3.05, 3.63) is 41.6 Å². The average Bonchev–Trinajstić information content (AvgIpc) is 3.13. The number of aromatic nitrogens is 3. The Balaban J connectivity index is 1.44. The molecule has 6 nitrogen and oxygen atoms in total. The Morgan fingerprint density at radius 1 is 1.26 bits per heavy atom. The van der Waals surface area contributed by atoms with E-state index < -0.39 is 0 Å². The van der Waals surface area contributed by atoms with Crippen LogP contribution >= 0.6 is 0 Å². The maximum absolute atomic E-state index is 5.62. The van der Waals surface area contributed by atoms with E-state index in [9.17, 15) is 0 Å². The van der Waals surface area contributed by atoms with Crippen LogP contribution in [0.1, 0.15) is 24.0 Å². The Labute approximate surface area is 135 Å². The van der Waals surface area contributed by atoms with E-state index in [2.05, 4.69) is 49.7 Å². The van der Waals surface area contributed by atoms with E-state index in [1.807, 2.05) is 0 Å². The van der Waals surface area contributed by atoms with Crippen LogP contribution in [0.5, 0.6) is 0 Å². The first-order valence-electron chi connectivity index (χ1n) is 8.25. The normalized spacial score (nSPS) is 20.3. The molecule has 1 atom stereocenters. The molecular formula is C17H21N5O. The standard InChI is InChI=1S/C17H21N5O/c1-2-5-14-12-22(8-7-13(14)4-1)17-20-16(11-19-21-17)18-10-15-6-3-9-23-15/h1-2,4-5,11,15H,3,6-10,12H2,(H,18,20,21).